The van der Waals surface area contributed by atoms with Crippen molar-refractivity contribution in [3.8, 4) is 5.75 Å². The summed E-state index contributed by atoms with van der Waals surface area (Å²) in [7, 11) is 7.39. The first-order chi connectivity index (χ1) is 12.0. The molecule has 1 aromatic heterocycles. The van der Waals surface area contributed by atoms with Gasteiger partial charge < -0.3 is 19.9 Å². The molecule has 134 valence electrons. The molecular formula is C19H26N4O2. The standard InChI is InChI=1S/C19H26N4O2/c1-22(2)17(16-10-5-6-11-18(16)25-4)13-21-19(24)23(3)14-15-9-7-8-12-20-15/h5-12,17H,13-14H2,1-4H3,(H,21,24). The molecule has 2 aromatic rings. The number of likely N-dealkylation sites (N-methyl/N-ethyl adjacent to an activating group) is 1. The number of urea groups is 1. The SMILES string of the molecule is COc1ccccc1C(CNC(=O)N(C)Cc1ccccn1)N(C)C. The number of ether oxygens (including phenoxy) is 1. The second-order valence-corrected chi connectivity index (χ2v) is 6.08. The summed E-state index contributed by atoms with van der Waals surface area (Å²) in [6.07, 6.45) is 1.73. The molecule has 2 amide bonds. The number of benzene rings is 1. The van der Waals surface area contributed by atoms with E-state index < -0.39 is 0 Å². The van der Waals surface area contributed by atoms with Crippen LogP contribution in [0.4, 0.5) is 4.79 Å². The van der Waals surface area contributed by atoms with Crippen molar-refractivity contribution >= 4 is 6.03 Å². The van der Waals surface area contributed by atoms with Crippen molar-refractivity contribution in [3.05, 3.63) is 59.9 Å². The zero-order chi connectivity index (χ0) is 18.2. The third-order valence-electron chi connectivity index (χ3n) is 4.04. The van der Waals surface area contributed by atoms with Crippen LogP contribution in [-0.4, -0.2) is 55.6 Å². The van der Waals surface area contributed by atoms with E-state index in [0.717, 1.165) is 17.0 Å². The quantitative estimate of drug-likeness (QED) is 0.840. The summed E-state index contributed by atoms with van der Waals surface area (Å²) in [5.74, 6) is 0.817. The van der Waals surface area contributed by atoms with E-state index in [1.165, 1.54) is 0 Å². The number of methoxy groups -OCH3 is 1. The maximum Gasteiger partial charge on any atom is 0.317 e. The molecule has 25 heavy (non-hydrogen) atoms. The molecule has 0 spiro atoms. The highest BCUT2D eigenvalue weighted by atomic mass is 16.5. The van der Waals surface area contributed by atoms with Crippen molar-refractivity contribution in [2.45, 2.75) is 12.6 Å². The fraction of sp³-hybridized carbons (Fsp3) is 0.368. The summed E-state index contributed by atoms with van der Waals surface area (Å²) in [6, 6.07) is 13.4. The molecule has 0 bridgehead atoms. The lowest BCUT2D eigenvalue weighted by Crippen LogP contribution is -2.41. The van der Waals surface area contributed by atoms with E-state index in [9.17, 15) is 4.79 Å². The Hall–Kier alpha value is -2.60. The van der Waals surface area contributed by atoms with Crippen molar-refractivity contribution in [1.29, 1.82) is 0 Å². The molecule has 0 aliphatic heterocycles. The van der Waals surface area contributed by atoms with Crippen molar-refractivity contribution in [2.75, 3.05) is 34.8 Å². The number of nitrogens with one attached hydrogen (secondary N) is 1. The van der Waals surface area contributed by atoms with E-state index in [0.29, 0.717) is 13.1 Å². The minimum Gasteiger partial charge on any atom is -0.496 e. The van der Waals surface area contributed by atoms with E-state index in [1.54, 1.807) is 25.3 Å². The molecule has 1 atom stereocenters. The number of amides is 2. The lowest BCUT2D eigenvalue weighted by atomic mass is 10.0. The molecule has 2 rings (SSSR count). The van der Waals surface area contributed by atoms with Gasteiger partial charge in [0.15, 0.2) is 0 Å². The molecular weight excluding hydrogens is 316 g/mol. The van der Waals surface area contributed by atoms with Crippen LogP contribution in [0.15, 0.2) is 48.7 Å². The summed E-state index contributed by atoms with van der Waals surface area (Å²) in [4.78, 5) is 20.3. The number of nitrogens with zero attached hydrogens (tertiary/aromatic N) is 3. The first-order valence-electron chi connectivity index (χ1n) is 8.21. The number of pyridine rings is 1. The number of para-hydroxylation sites is 1. The molecule has 1 unspecified atom stereocenters. The Morgan fingerprint density at radius 3 is 2.52 bits per heavy atom. The average molecular weight is 342 g/mol. The zero-order valence-corrected chi connectivity index (χ0v) is 15.3. The Morgan fingerprint density at radius 1 is 1.16 bits per heavy atom. The van der Waals surface area contributed by atoms with Gasteiger partial charge in [-0.25, -0.2) is 4.79 Å². The average Bonchev–Trinajstić information content (AvgIpc) is 2.62. The summed E-state index contributed by atoms with van der Waals surface area (Å²) in [6.45, 7) is 0.951. The van der Waals surface area contributed by atoms with Crippen LogP contribution < -0.4 is 10.1 Å². The van der Waals surface area contributed by atoms with Crippen LogP contribution in [0.25, 0.3) is 0 Å². The maximum absolute atomic E-state index is 12.4. The van der Waals surface area contributed by atoms with Crippen LogP contribution in [-0.2, 0) is 6.54 Å². The highest BCUT2D eigenvalue weighted by Crippen LogP contribution is 2.27. The van der Waals surface area contributed by atoms with Gasteiger partial charge in [0.25, 0.3) is 0 Å². The summed E-state index contributed by atoms with van der Waals surface area (Å²) in [5, 5.41) is 3.00. The highest BCUT2D eigenvalue weighted by molar-refractivity contribution is 5.73. The molecule has 6 nitrogen and oxygen atoms in total. The van der Waals surface area contributed by atoms with Gasteiger partial charge in [-0.1, -0.05) is 24.3 Å². The lowest BCUT2D eigenvalue weighted by Gasteiger charge is -2.27. The zero-order valence-electron chi connectivity index (χ0n) is 15.3. The Balaban J connectivity index is 1.99. The third-order valence-corrected chi connectivity index (χ3v) is 4.04. The molecule has 1 heterocycles. The van der Waals surface area contributed by atoms with Gasteiger partial charge in [-0.15, -0.1) is 0 Å². The fourth-order valence-electron chi connectivity index (χ4n) is 2.64. The number of hydrogen-bond acceptors (Lipinski definition) is 4. The molecule has 0 fully saturated rings. The van der Waals surface area contributed by atoms with E-state index in [1.807, 2.05) is 56.6 Å². The lowest BCUT2D eigenvalue weighted by molar-refractivity contribution is 0.199. The molecule has 0 saturated carbocycles. The predicted molar refractivity (Wildman–Crippen MR) is 98.5 cm³/mol. The van der Waals surface area contributed by atoms with Crippen molar-refractivity contribution in [1.82, 2.24) is 20.1 Å². The van der Waals surface area contributed by atoms with Crippen LogP contribution in [0.5, 0.6) is 5.75 Å². The van der Waals surface area contributed by atoms with Gasteiger partial charge >= 0.3 is 6.03 Å². The van der Waals surface area contributed by atoms with Crippen LogP contribution in [0.3, 0.4) is 0 Å². The van der Waals surface area contributed by atoms with Crippen molar-refractivity contribution in [2.24, 2.45) is 0 Å². The van der Waals surface area contributed by atoms with Gasteiger partial charge in [-0.3, -0.25) is 4.98 Å². The number of rotatable bonds is 7. The molecule has 0 saturated heterocycles. The van der Waals surface area contributed by atoms with Gasteiger partial charge in [0.2, 0.25) is 0 Å². The number of aromatic nitrogens is 1. The first kappa shape index (κ1) is 18.7. The Kier molecular flexibility index (Phi) is 6.77. The fourth-order valence-corrected chi connectivity index (χ4v) is 2.64. The molecule has 0 aliphatic carbocycles. The number of hydrogen-bond donors (Lipinski definition) is 1. The van der Waals surface area contributed by atoms with Crippen LogP contribution in [0, 0.1) is 0 Å². The minimum absolute atomic E-state index is 0.0170. The Morgan fingerprint density at radius 2 is 1.88 bits per heavy atom. The van der Waals surface area contributed by atoms with Crippen LogP contribution in [0.1, 0.15) is 17.3 Å². The maximum atomic E-state index is 12.4. The van der Waals surface area contributed by atoms with Gasteiger partial charge in [-0.05, 0) is 32.3 Å². The topological polar surface area (TPSA) is 57.7 Å². The predicted octanol–water partition coefficient (Wildman–Crippen LogP) is 2.53. The van der Waals surface area contributed by atoms with E-state index in [4.69, 9.17) is 4.74 Å². The van der Waals surface area contributed by atoms with Gasteiger partial charge in [0.1, 0.15) is 5.75 Å². The number of carbonyl (C=O) groups excluding carboxylic acids is 1. The van der Waals surface area contributed by atoms with Crippen molar-refractivity contribution < 1.29 is 9.53 Å². The molecule has 6 heteroatoms. The minimum atomic E-state index is -0.132. The Labute approximate surface area is 149 Å². The molecule has 0 radical (unpaired) electrons. The Bertz CT molecular complexity index is 676. The van der Waals surface area contributed by atoms with E-state index >= 15 is 0 Å². The second kappa shape index (κ2) is 9.03. The van der Waals surface area contributed by atoms with Crippen molar-refractivity contribution in [3.63, 3.8) is 0 Å². The van der Waals surface area contributed by atoms with Gasteiger partial charge in [0, 0.05) is 25.4 Å². The summed E-state index contributed by atoms with van der Waals surface area (Å²) in [5.41, 5.74) is 1.90. The first-order valence-corrected chi connectivity index (χ1v) is 8.21. The van der Waals surface area contributed by atoms with Crippen LogP contribution in [0.2, 0.25) is 0 Å². The van der Waals surface area contributed by atoms with Gasteiger partial charge in [0.05, 0.1) is 25.4 Å². The normalized spacial score (nSPS) is 11.9. The highest BCUT2D eigenvalue weighted by Gasteiger charge is 2.20. The largest absolute Gasteiger partial charge is 0.496 e. The molecule has 0 aliphatic rings. The molecule has 1 N–H and O–H groups in total. The van der Waals surface area contributed by atoms with E-state index in [2.05, 4.69) is 15.2 Å². The molecule has 1 aromatic carbocycles. The van der Waals surface area contributed by atoms with Gasteiger partial charge in [-0.2, -0.15) is 0 Å². The number of carbonyl (C=O) groups is 1. The van der Waals surface area contributed by atoms with Crippen LogP contribution >= 0.6 is 0 Å². The smallest absolute Gasteiger partial charge is 0.317 e. The third kappa shape index (κ3) is 5.19. The second-order valence-electron chi connectivity index (χ2n) is 6.08. The van der Waals surface area contributed by atoms with E-state index in [-0.39, 0.29) is 12.1 Å². The summed E-state index contributed by atoms with van der Waals surface area (Å²) < 4.78 is 5.45. The summed E-state index contributed by atoms with van der Waals surface area (Å²) >= 11 is 0. The monoisotopic (exact) mass is 342 g/mol.